The Balaban J connectivity index is 1.53. The maximum Gasteiger partial charge on any atom is 0.125 e. The SMILES string of the molecule is Cc1ncc2c(n1)C[C@H]1CC[C@H]2N1Cc1ccnc2ccccc12. The van der Waals surface area contributed by atoms with Crippen LogP contribution in [0.25, 0.3) is 10.9 Å². The minimum Gasteiger partial charge on any atom is -0.289 e. The monoisotopic (exact) mass is 316 g/mol. The van der Waals surface area contributed by atoms with Gasteiger partial charge in [0.15, 0.2) is 0 Å². The van der Waals surface area contributed by atoms with Crippen LogP contribution in [0.5, 0.6) is 0 Å². The molecule has 2 aliphatic rings. The molecule has 0 radical (unpaired) electrons. The van der Waals surface area contributed by atoms with Crippen LogP contribution in [0.1, 0.15) is 41.5 Å². The molecule has 0 amide bonds. The Labute approximate surface area is 141 Å². The second-order valence-electron chi connectivity index (χ2n) is 6.93. The van der Waals surface area contributed by atoms with Gasteiger partial charge in [-0.2, -0.15) is 0 Å². The Morgan fingerprint density at radius 3 is 3.00 bits per heavy atom. The number of hydrogen-bond donors (Lipinski definition) is 0. The van der Waals surface area contributed by atoms with Gasteiger partial charge in [-0.1, -0.05) is 18.2 Å². The summed E-state index contributed by atoms with van der Waals surface area (Å²) in [6.07, 6.45) is 7.51. The Morgan fingerprint density at radius 2 is 2.04 bits per heavy atom. The van der Waals surface area contributed by atoms with Crippen molar-refractivity contribution < 1.29 is 0 Å². The summed E-state index contributed by atoms with van der Waals surface area (Å²) in [5.74, 6) is 0.890. The van der Waals surface area contributed by atoms with Gasteiger partial charge in [-0.25, -0.2) is 9.97 Å². The Morgan fingerprint density at radius 1 is 1.12 bits per heavy atom. The first-order valence-electron chi connectivity index (χ1n) is 8.70. The maximum absolute atomic E-state index is 4.70. The summed E-state index contributed by atoms with van der Waals surface area (Å²) in [5, 5.41) is 1.27. The number of pyridine rings is 1. The quantitative estimate of drug-likeness (QED) is 0.724. The van der Waals surface area contributed by atoms with Crippen LogP contribution in [-0.4, -0.2) is 25.9 Å². The Bertz CT molecular complexity index is 915. The highest BCUT2D eigenvalue weighted by Crippen LogP contribution is 2.43. The second-order valence-corrected chi connectivity index (χ2v) is 6.93. The molecule has 2 atom stereocenters. The molecule has 0 N–H and O–H groups in total. The van der Waals surface area contributed by atoms with Crippen molar-refractivity contribution in [1.82, 2.24) is 19.9 Å². The zero-order valence-electron chi connectivity index (χ0n) is 13.8. The van der Waals surface area contributed by atoms with E-state index in [2.05, 4.69) is 51.4 Å². The van der Waals surface area contributed by atoms with Crippen LogP contribution in [0.3, 0.4) is 0 Å². The van der Waals surface area contributed by atoms with Crippen molar-refractivity contribution in [1.29, 1.82) is 0 Å². The lowest BCUT2D eigenvalue weighted by molar-refractivity contribution is 0.166. The standard InChI is InChI=1S/C20H20N4/c1-13-22-11-17-19(23-13)10-15-6-7-20(17)24(15)12-14-8-9-21-18-5-3-2-4-16(14)18/h2-5,8-9,11,15,20H,6-7,10,12H2,1H3/t15-,20-/m1/s1. The van der Waals surface area contributed by atoms with Crippen molar-refractivity contribution in [3.63, 3.8) is 0 Å². The lowest BCUT2D eigenvalue weighted by atomic mass is 9.98. The summed E-state index contributed by atoms with van der Waals surface area (Å²) >= 11 is 0. The van der Waals surface area contributed by atoms with Gasteiger partial charge < -0.3 is 0 Å². The van der Waals surface area contributed by atoms with Crippen LogP contribution >= 0.6 is 0 Å². The molecule has 4 heterocycles. The van der Waals surface area contributed by atoms with Crippen molar-refractivity contribution >= 4 is 10.9 Å². The molecule has 4 nitrogen and oxygen atoms in total. The second kappa shape index (κ2) is 5.35. The molecule has 2 bridgehead atoms. The van der Waals surface area contributed by atoms with E-state index in [0.29, 0.717) is 12.1 Å². The summed E-state index contributed by atoms with van der Waals surface area (Å²) in [5.41, 5.74) is 5.06. The summed E-state index contributed by atoms with van der Waals surface area (Å²) in [7, 11) is 0. The fourth-order valence-corrected chi connectivity index (χ4v) is 4.41. The highest BCUT2D eigenvalue weighted by atomic mass is 15.2. The third kappa shape index (κ3) is 2.13. The van der Waals surface area contributed by atoms with Crippen molar-refractivity contribution in [2.24, 2.45) is 0 Å². The van der Waals surface area contributed by atoms with Crippen LogP contribution in [0, 0.1) is 6.92 Å². The average Bonchev–Trinajstić information content (AvgIpc) is 2.88. The summed E-state index contributed by atoms with van der Waals surface area (Å²) in [6, 6.07) is 11.7. The number of aryl methyl sites for hydroxylation is 1. The zero-order chi connectivity index (χ0) is 16.1. The van der Waals surface area contributed by atoms with Gasteiger partial charge in [0.05, 0.1) is 11.2 Å². The number of benzene rings is 1. The van der Waals surface area contributed by atoms with E-state index in [4.69, 9.17) is 4.98 Å². The molecule has 24 heavy (non-hydrogen) atoms. The molecule has 2 aromatic heterocycles. The number of nitrogens with zero attached hydrogens (tertiary/aromatic N) is 4. The molecule has 0 unspecified atom stereocenters. The lowest BCUT2D eigenvalue weighted by Crippen LogP contribution is -2.37. The van der Waals surface area contributed by atoms with E-state index < -0.39 is 0 Å². The van der Waals surface area contributed by atoms with E-state index in [1.54, 1.807) is 0 Å². The molecule has 1 aromatic carbocycles. The van der Waals surface area contributed by atoms with E-state index in [-0.39, 0.29) is 0 Å². The van der Waals surface area contributed by atoms with Gasteiger partial charge in [-0.15, -0.1) is 0 Å². The van der Waals surface area contributed by atoms with E-state index in [1.165, 1.54) is 35.0 Å². The van der Waals surface area contributed by atoms with Crippen molar-refractivity contribution in [3.05, 3.63) is 65.4 Å². The number of fused-ring (bicyclic) bond motifs is 5. The highest BCUT2D eigenvalue weighted by Gasteiger charge is 2.40. The molecule has 1 fully saturated rings. The van der Waals surface area contributed by atoms with E-state index in [9.17, 15) is 0 Å². The molecule has 3 aromatic rings. The predicted molar refractivity (Wildman–Crippen MR) is 93.5 cm³/mol. The molecule has 1 saturated heterocycles. The van der Waals surface area contributed by atoms with Crippen molar-refractivity contribution in [2.45, 2.75) is 44.8 Å². The van der Waals surface area contributed by atoms with Gasteiger partial charge in [0.25, 0.3) is 0 Å². The normalized spacial score (nSPS) is 22.7. The fourth-order valence-electron chi connectivity index (χ4n) is 4.41. The van der Waals surface area contributed by atoms with Gasteiger partial charge in [0.1, 0.15) is 5.82 Å². The average molecular weight is 316 g/mol. The highest BCUT2D eigenvalue weighted by molar-refractivity contribution is 5.81. The fraction of sp³-hybridized carbons (Fsp3) is 0.350. The Hall–Kier alpha value is -2.33. The first-order chi connectivity index (χ1) is 11.8. The first kappa shape index (κ1) is 14.1. The number of hydrogen-bond acceptors (Lipinski definition) is 4. The smallest absolute Gasteiger partial charge is 0.125 e. The predicted octanol–water partition coefficient (Wildman–Crippen LogP) is 3.60. The maximum atomic E-state index is 4.70. The molecule has 0 aliphatic carbocycles. The summed E-state index contributed by atoms with van der Waals surface area (Å²) in [4.78, 5) is 16.3. The molecule has 0 spiro atoms. The van der Waals surface area contributed by atoms with E-state index in [0.717, 1.165) is 24.3 Å². The van der Waals surface area contributed by atoms with Crippen LogP contribution in [-0.2, 0) is 13.0 Å². The van der Waals surface area contributed by atoms with Crippen LogP contribution < -0.4 is 0 Å². The summed E-state index contributed by atoms with van der Waals surface area (Å²) < 4.78 is 0. The number of aromatic nitrogens is 3. The van der Waals surface area contributed by atoms with Crippen LogP contribution in [0.4, 0.5) is 0 Å². The summed E-state index contributed by atoms with van der Waals surface area (Å²) in [6.45, 7) is 2.96. The Kier molecular flexibility index (Phi) is 3.13. The van der Waals surface area contributed by atoms with Crippen LogP contribution in [0.15, 0.2) is 42.7 Å². The molecule has 120 valence electrons. The molecule has 4 heteroatoms. The van der Waals surface area contributed by atoms with Gasteiger partial charge in [-0.3, -0.25) is 9.88 Å². The number of rotatable bonds is 2. The lowest BCUT2D eigenvalue weighted by Gasteiger charge is -2.35. The molecule has 5 rings (SSSR count). The van der Waals surface area contributed by atoms with E-state index in [1.807, 2.05) is 13.1 Å². The van der Waals surface area contributed by atoms with E-state index >= 15 is 0 Å². The molecular formula is C20H20N4. The van der Waals surface area contributed by atoms with Gasteiger partial charge in [0.2, 0.25) is 0 Å². The third-order valence-electron chi connectivity index (χ3n) is 5.54. The van der Waals surface area contributed by atoms with Crippen molar-refractivity contribution in [2.75, 3.05) is 0 Å². The van der Waals surface area contributed by atoms with Crippen LogP contribution in [0.2, 0.25) is 0 Å². The largest absolute Gasteiger partial charge is 0.289 e. The molecule has 2 aliphatic heterocycles. The number of para-hydroxylation sites is 1. The minimum atomic E-state index is 0.464. The van der Waals surface area contributed by atoms with Gasteiger partial charge >= 0.3 is 0 Å². The van der Waals surface area contributed by atoms with Crippen molar-refractivity contribution in [3.8, 4) is 0 Å². The molecular weight excluding hydrogens is 296 g/mol. The van der Waals surface area contributed by atoms with Gasteiger partial charge in [-0.05, 0) is 37.5 Å². The minimum absolute atomic E-state index is 0.464. The van der Waals surface area contributed by atoms with Gasteiger partial charge in [0, 0.05) is 48.4 Å². The molecule has 0 saturated carbocycles. The zero-order valence-corrected chi connectivity index (χ0v) is 13.8. The topological polar surface area (TPSA) is 41.9 Å². The third-order valence-corrected chi connectivity index (χ3v) is 5.54. The first-order valence-corrected chi connectivity index (χ1v) is 8.70.